The van der Waals surface area contributed by atoms with Crippen molar-refractivity contribution in [2.24, 2.45) is 5.92 Å². The second kappa shape index (κ2) is 3.19. The van der Waals surface area contributed by atoms with Crippen LogP contribution in [0, 0.1) is 5.92 Å². The third-order valence-electron chi connectivity index (χ3n) is 2.54. The van der Waals surface area contributed by atoms with Crippen molar-refractivity contribution in [1.29, 1.82) is 0 Å². The first-order valence-electron chi connectivity index (χ1n) is 3.94. The summed E-state index contributed by atoms with van der Waals surface area (Å²) in [5, 5.41) is 0. The summed E-state index contributed by atoms with van der Waals surface area (Å²) in [6.45, 7) is 0. The lowest BCUT2D eigenvalue weighted by atomic mass is 10.1. The minimum Gasteiger partial charge on any atom is -0.188 e. The van der Waals surface area contributed by atoms with E-state index in [0.29, 0.717) is 0 Å². The summed E-state index contributed by atoms with van der Waals surface area (Å²) in [6, 6.07) is 0.901. The van der Waals surface area contributed by atoms with Gasteiger partial charge in [0, 0.05) is 34.7 Å². The summed E-state index contributed by atoms with van der Waals surface area (Å²) in [5.74, 6) is 2.42. The fourth-order valence-electron chi connectivity index (χ4n) is 1.91. The van der Waals surface area contributed by atoms with Gasteiger partial charge in [-0.3, -0.25) is 0 Å². The molecule has 0 N–H and O–H groups in total. The van der Waals surface area contributed by atoms with Gasteiger partial charge in [-0.05, 0) is 31.6 Å². The van der Waals surface area contributed by atoms with E-state index in [0.717, 1.165) is 12.0 Å². The molecular formula is C7H12INS. The van der Waals surface area contributed by atoms with E-state index < -0.39 is 0 Å². The Morgan fingerprint density at radius 3 is 3.10 bits per heavy atom. The van der Waals surface area contributed by atoms with Crippen molar-refractivity contribution in [1.82, 2.24) is 2.52 Å². The molecule has 1 heterocycles. The smallest absolute Gasteiger partial charge is 0.0322 e. The minimum absolute atomic E-state index is 0.901. The van der Waals surface area contributed by atoms with E-state index in [-0.39, 0.29) is 0 Å². The van der Waals surface area contributed by atoms with E-state index in [1.165, 1.54) is 31.4 Å². The van der Waals surface area contributed by atoms with Crippen molar-refractivity contribution in [2.75, 3.05) is 5.75 Å². The molecule has 0 radical (unpaired) electrons. The van der Waals surface area contributed by atoms with Gasteiger partial charge in [0.1, 0.15) is 0 Å². The average Bonchev–Trinajstić information content (AvgIpc) is 2.27. The van der Waals surface area contributed by atoms with Crippen LogP contribution in [-0.4, -0.2) is 14.3 Å². The van der Waals surface area contributed by atoms with Crippen molar-refractivity contribution in [3.05, 3.63) is 0 Å². The zero-order valence-corrected chi connectivity index (χ0v) is 8.90. The number of nitrogens with zero attached hydrogens (tertiary/aromatic N) is 1. The van der Waals surface area contributed by atoms with Crippen LogP contribution in [0.1, 0.15) is 25.7 Å². The van der Waals surface area contributed by atoms with Gasteiger partial charge < -0.3 is 0 Å². The van der Waals surface area contributed by atoms with Crippen LogP contribution in [0.5, 0.6) is 0 Å². The molecule has 2 aliphatic rings. The Morgan fingerprint density at radius 2 is 2.20 bits per heavy atom. The Bertz CT molecular complexity index is 131. The van der Waals surface area contributed by atoms with Crippen LogP contribution in [0.2, 0.25) is 0 Å². The minimum atomic E-state index is 0.901. The molecule has 0 spiro atoms. The molecule has 2 unspecified atom stereocenters. The fourth-order valence-corrected chi connectivity index (χ4v) is 4.02. The standard InChI is InChI=1S/C7H12INS/c8-9-7-2-1-6(5-7)3-4-10-9/h6-7H,1-5H2. The Labute approximate surface area is 80.6 Å². The molecule has 1 aliphatic heterocycles. The van der Waals surface area contributed by atoms with Gasteiger partial charge in [-0.25, -0.2) is 0 Å². The number of rotatable bonds is 0. The lowest BCUT2D eigenvalue weighted by Gasteiger charge is -2.17. The third-order valence-corrected chi connectivity index (χ3v) is 5.13. The first kappa shape index (κ1) is 7.68. The Morgan fingerprint density at radius 1 is 1.30 bits per heavy atom. The predicted molar refractivity (Wildman–Crippen MR) is 54.1 cm³/mol. The number of hydrogen-bond acceptors (Lipinski definition) is 2. The van der Waals surface area contributed by atoms with E-state index in [9.17, 15) is 0 Å². The van der Waals surface area contributed by atoms with Crippen molar-refractivity contribution >= 4 is 34.8 Å². The molecule has 1 nitrogen and oxygen atoms in total. The molecule has 0 aromatic heterocycles. The van der Waals surface area contributed by atoms with Gasteiger partial charge in [0.05, 0.1) is 0 Å². The van der Waals surface area contributed by atoms with Crippen LogP contribution >= 0.6 is 34.8 Å². The quantitative estimate of drug-likeness (QED) is 0.378. The average molecular weight is 269 g/mol. The number of halogens is 1. The van der Waals surface area contributed by atoms with Crippen LogP contribution < -0.4 is 0 Å². The van der Waals surface area contributed by atoms with E-state index in [2.05, 4.69) is 25.4 Å². The number of hydrogen-bond donors (Lipinski definition) is 0. The molecule has 58 valence electrons. The second-order valence-electron chi connectivity index (χ2n) is 3.23. The van der Waals surface area contributed by atoms with E-state index in [1.807, 2.05) is 11.9 Å². The van der Waals surface area contributed by atoms with Crippen LogP contribution in [-0.2, 0) is 0 Å². The highest BCUT2D eigenvalue weighted by Gasteiger charge is 2.31. The highest BCUT2D eigenvalue weighted by Crippen LogP contribution is 2.40. The Balaban J connectivity index is 2.03. The van der Waals surface area contributed by atoms with Gasteiger partial charge in [0.15, 0.2) is 0 Å². The molecule has 0 amide bonds. The monoisotopic (exact) mass is 269 g/mol. The fraction of sp³-hybridized carbons (Fsp3) is 1.00. The maximum Gasteiger partial charge on any atom is 0.0322 e. The molecule has 1 aliphatic carbocycles. The van der Waals surface area contributed by atoms with Crippen molar-refractivity contribution in [3.8, 4) is 0 Å². The van der Waals surface area contributed by atoms with Gasteiger partial charge in [0.2, 0.25) is 0 Å². The van der Waals surface area contributed by atoms with Crippen molar-refractivity contribution in [2.45, 2.75) is 31.7 Å². The summed E-state index contributed by atoms with van der Waals surface area (Å²) < 4.78 is 2.45. The highest BCUT2D eigenvalue weighted by molar-refractivity contribution is 14.1. The van der Waals surface area contributed by atoms with Crippen molar-refractivity contribution in [3.63, 3.8) is 0 Å². The van der Waals surface area contributed by atoms with Gasteiger partial charge >= 0.3 is 0 Å². The topological polar surface area (TPSA) is 3.24 Å². The molecular weight excluding hydrogens is 257 g/mol. The maximum atomic E-state index is 2.47. The Hall–Kier alpha value is 1.04. The summed E-state index contributed by atoms with van der Waals surface area (Å²) in [7, 11) is 0. The summed E-state index contributed by atoms with van der Waals surface area (Å²) in [6.07, 6.45) is 5.86. The highest BCUT2D eigenvalue weighted by atomic mass is 127. The SMILES string of the molecule is IN1SCCC2CCC1C2. The normalized spacial score (nSPS) is 41.7. The first-order chi connectivity index (χ1) is 4.86. The third kappa shape index (κ3) is 1.46. The molecule has 2 bridgehead atoms. The summed E-state index contributed by atoms with van der Waals surface area (Å²) in [4.78, 5) is 0. The van der Waals surface area contributed by atoms with Crippen molar-refractivity contribution < 1.29 is 0 Å². The maximum absolute atomic E-state index is 2.47. The Kier molecular flexibility index (Phi) is 2.45. The summed E-state index contributed by atoms with van der Waals surface area (Å²) in [5.41, 5.74) is 0. The van der Waals surface area contributed by atoms with Gasteiger partial charge in [0.25, 0.3) is 0 Å². The van der Waals surface area contributed by atoms with Crippen LogP contribution in [0.25, 0.3) is 0 Å². The molecule has 2 atom stereocenters. The van der Waals surface area contributed by atoms with Crippen LogP contribution in [0.4, 0.5) is 0 Å². The molecule has 3 heteroatoms. The molecule has 1 saturated carbocycles. The molecule has 1 saturated heterocycles. The predicted octanol–water partition coefficient (Wildman–Crippen LogP) is 2.86. The second-order valence-corrected chi connectivity index (χ2v) is 5.98. The zero-order valence-electron chi connectivity index (χ0n) is 5.92. The molecule has 10 heavy (non-hydrogen) atoms. The zero-order chi connectivity index (χ0) is 6.97. The van der Waals surface area contributed by atoms with Crippen LogP contribution in [0.3, 0.4) is 0 Å². The van der Waals surface area contributed by atoms with Gasteiger partial charge in [-0.2, -0.15) is 2.52 Å². The van der Waals surface area contributed by atoms with E-state index in [1.54, 1.807) is 0 Å². The van der Waals surface area contributed by atoms with Gasteiger partial charge in [-0.15, -0.1) is 0 Å². The largest absolute Gasteiger partial charge is 0.188 e. The van der Waals surface area contributed by atoms with E-state index in [4.69, 9.17) is 0 Å². The molecule has 0 aromatic rings. The van der Waals surface area contributed by atoms with E-state index >= 15 is 0 Å². The summed E-state index contributed by atoms with van der Waals surface area (Å²) >= 11 is 4.49. The van der Waals surface area contributed by atoms with Gasteiger partial charge in [-0.1, -0.05) is 11.9 Å². The first-order valence-corrected chi connectivity index (χ1v) is 5.85. The lowest BCUT2D eigenvalue weighted by Crippen LogP contribution is -2.15. The number of fused-ring (bicyclic) bond motifs is 2. The lowest BCUT2D eigenvalue weighted by molar-refractivity contribution is 0.505. The molecule has 2 fully saturated rings. The van der Waals surface area contributed by atoms with Crippen LogP contribution in [0.15, 0.2) is 0 Å². The molecule has 0 aromatic carbocycles. The molecule has 2 rings (SSSR count).